The fourth-order valence-electron chi connectivity index (χ4n) is 2.94. The van der Waals surface area contributed by atoms with Gasteiger partial charge in [0.25, 0.3) is 0 Å². The van der Waals surface area contributed by atoms with Crippen molar-refractivity contribution in [1.82, 2.24) is 5.32 Å². The Labute approximate surface area is 125 Å². The molecule has 2 rings (SSSR count). The fourth-order valence-corrected chi connectivity index (χ4v) is 2.94. The van der Waals surface area contributed by atoms with Crippen LogP contribution >= 0.6 is 0 Å². The van der Waals surface area contributed by atoms with E-state index in [2.05, 4.69) is 16.1 Å². The van der Waals surface area contributed by atoms with Crippen molar-refractivity contribution >= 4 is 0 Å². The van der Waals surface area contributed by atoms with Gasteiger partial charge in [-0.3, -0.25) is 0 Å². The van der Waals surface area contributed by atoms with Gasteiger partial charge < -0.3 is 10.1 Å². The van der Waals surface area contributed by atoms with E-state index in [1.165, 1.54) is 24.8 Å². The van der Waals surface area contributed by atoms with Crippen LogP contribution in [0.5, 0.6) is 5.75 Å². The van der Waals surface area contributed by atoms with Crippen LogP contribution in [0.25, 0.3) is 0 Å². The summed E-state index contributed by atoms with van der Waals surface area (Å²) in [5, 5.41) is 3.26. The summed E-state index contributed by atoms with van der Waals surface area (Å²) in [5.41, 5.74) is 2.06. The van der Waals surface area contributed by atoms with Gasteiger partial charge in [0.1, 0.15) is 5.75 Å². The lowest BCUT2D eigenvalue weighted by atomic mass is 9.90. The Hall–Kier alpha value is -1.42. The molecule has 1 atom stereocenters. The third kappa shape index (κ3) is 4.53. The van der Waals surface area contributed by atoms with Gasteiger partial charge in [-0.05, 0) is 38.8 Å². The Balaban J connectivity index is 2.27. The summed E-state index contributed by atoms with van der Waals surface area (Å²) >= 11 is 0. The van der Waals surface area contributed by atoms with Crippen molar-refractivity contribution < 1.29 is 13.5 Å². The van der Waals surface area contributed by atoms with Crippen LogP contribution in [0.4, 0.5) is 8.78 Å². The third-order valence-electron chi connectivity index (χ3n) is 3.93. The van der Waals surface area contributed by atoms with E-state index in [-0.39, 0.29) is 11.8 Å². The SMILES string of the molecule is CNC(/C1=C/CCCCCC1)c1ccccc1OC(F)F. The lowest BCUT2D eigenvalue weighted by Gasteiger charge is -2.24. The number of alkyl halides is 2. The zero-order chi connectivity index (χ0) is 15.1. The second kappa shape index (κ2) is 8.13. The number of hydrogen-bond acceptors (Lipinski definition) is 2. The van der Waals surface area contributed by atoms with Gasteiger partial charge in [-0.2, -0.15) is 8.78 Å². The average molecular weight is 295 g/mol. The van der Waals surface area contributed by atoms with Crippen molar-refractivity contribution in [2.24, 2.45) is 0 Å². The molecule has 21 heavy (non-hydrogen) atoms. The minimum absolute atomic E-state index is 0.0574. The monoisotopic (exact) mass is 295 g/mol. The van der Waals surface area contributed by atoms with Crippen LogP contribution in [-0.2, 0) is 0 Å². The minimum Gasteiger partial charge on any atom is -0.434 e. The van der Waals surface area contributed by atoms with E-state index in [0.29, 0.717) is 0 Å². The maximum absolute atomic E-state index is 12.6. The standard InChI is InChI=1S/C17H23F2NO/c1-20-16(13-9-5-3-2-4-6-10-13)14-11-7-8-12-15(14)21-17(18)19/h7-9,11-12,16-17,20H,2-6,10H2,1H3/b13-9+. The first-order chi connectivity index (χ1) is 10.2. The van der Waals surface area contributed by atoms with Gasteiger partial charge in [-0.15, -0.1) is 0 Å². The molecule has 0 amide bonds. The highest BCUT2D eigenvalue weighted by molar-refractivity contribution is 5.40. The largest absolute Gasteiger partial charge is 0.434 e. The highest BCUT2D eigenvalue weighted by atomic mass is 19.3. The van der Waals surface area contributed by atoms with Crippen molar-refractivity contribution in [3.05, 3.63) is 41.5 Å². The average Bonchev–Trinajstić information content (AvgIpc) is 2.42. The van der Waals surface area contributed by atoms with E-state index in [4.69, 9.17) is 0 Å². The number of halogens is 2. The molecule has 0 aliphatic heterocycles. The van der Waals surface area contributed by atoms with E-state index in [1.807, 2.05) is 19.2 Å². The molecule has 0 bridgehead atoms. The summed E-state index contributed by atoms with van der Waals surface area (Å²) in [7, 11) is 1.86. The van der Waals surface area contributed by atoms with Crippen LogP contribution in [0.15, 0.2) is 35.9 Å². The molecule has 116 valence electrons. The highest BCUT2D eigenvalue weighted by Crippen LogP contribution is 2.34. The molecule has 0 saturated carbocycles. The van der Waals surface area contributed by atoms with Crippen LogP contribution in [-0.4, -0.2) is 13.7 Å². The first-order valence-corrected chi connectivity index (χ1v) is 7.62. The summed E-state index contributed by atoms with van der Waals surface area (Å²) in [6.45, 7) is -2.80. The Kier molecular flexibility index (Phi) is 6.18. The van der Waals surface area contributed by atoms with Gasteiger partial charge in [0.2, 0.25) is 0 Å². The Morgan fingerprint density at radius 1 is 1.10 bits per heavy atom. The van der Waals surface area contributed by atoms with Crippen LogP contribution in [0, 0.1) is 0 Å². The lowest BCUT2D eigenvalue weighted by Crippen LogP contribution is -2.20. The zero-order valence-corrected chi connectivity index (χ0v) is 12.4. The first kappa shape index (κ1) is 16.0. The van der Waals surface area contributed by atoms with Crippen molar-refractivity contribution in [3.63, 3.8) is 0 Å². The predicted molar refractivity (Wildman–Crippen MR) is 80.7 cm³/mol. The fraction of sp³-hybridized carbons (Fsp3) is 0.529. The molecule has 4 heteroatoms. The van der Waals surface area contributed by atoms with Gasteiger partial charge in [0, 0.05) is 5.56 Å². The molecule has 0 heterocycles. The minimum atomic E-state index is -2.80. The zero-order valence-electron chi connectivity index (χ0n) is 12.4. The number of ether oxygens (including phenoxy) is 1. The summed E-state index contributed by atoms with van der Waals surface area (Å²) in [6.07, 6.45) is 9.21. The van der Waals surface area contributed by atoms with Crippen LogP contribution < -0.4 is 10.1 Å². The number of rotatable bonds is 5. The quantitative estimate of drug-likeness (QED) is 0.786. The molecule has 0 spiro atoms. The van der Waals surface area contributed by atoms with Gasteiger partial charge in [0.05, 0.1) is 6.04 Å². The second-order valence-corrected chi connectivity index (χ2v) is 5.37. The number of nitrogens with one attached hydrogen (secondary N) is 1. The molecule has 1 aromatic rings. The van der Waals surface area contributed by atoms with E-state index >= 15 is 0 Å². The van der Waals surface area contributed by atoms with Crippen LogP contribution in [0.1, 0.15) is 50.1 Å². The number of para-hydroxylation sites is 1. The van der Waals surface area contributed by atoms with E-state index in [0.717, 1.165) is 24.8 Å². The molecule has 1 N–H and O–H groups in total. The molecule has 0 aromatic heterocycles. The molecule has 1 aromatic carbocycles. The number of hydrogen-bond donors (Lipinski definition) is 1. The van der Waals surface area contributed by atoms with Gasteiger partial charge >= 0.3 is 6.61 Å². The number of benzene rings is 1. The lowest BCUT2D eigenvalue weighted by molar-refractivity contribution is -0.0506. The van der Waals surface area contributed by atoms with Crippen LogP contribution in [0.3, 0.4) is 0 Å². The molecular formula is C17H23F2NO. The van der Waals surface area contributed by atoms with E-state index in [9.17, 15) is 8.78 Å². The number of likely N-dealkylation sites (N-methyl/N-ethyl adjacent to an activating group) is 1. The Morgan fingerprint density at radius 2 is 1.86 bits per heavy atom. The summed E-state index contributed by atoms with van der Waals surface area (Å²) in [6, 6.07) is 6.99. The van der Waals surface area contributed by atoms with Crippen molar-refractivity contribution in [2.75, 3.05) is 7.05 Å². The van der Waals surface area contributed by atoms with Crippen molar-refractivity contribution in [3.8, 4) is 5.75 Å². The van der Waals surface area contributed by atoms with Gasteiger partial charge in [-0.1, -0.05) is 42.7 Å². The van der Waals surface area contributed by atoms with Crippen molar-refractivity contribution in [2.45, 2.75) is 51.2 Å². The van der Waals surface area contributed by atoms with Gasteiger partial charge in [-0.25, -0.2) is 0 Å². The summed E-state index contributed by atoms with van der Waals surface area (Å²) in [5.74, 6) is 0.259. The molecule has 2 nitrogen and oxygen atoms in total. The molecule has 1 unspecified atom stereocenters. The molecular weight excluding hydrogens is 272 g/mol. The third-order valence-corrected chi connectivity index (χ3v) is 3.93. The topological polar surface area (TPSA) is 21.3 Å². The second-order valence-electron chi connectivity index (χ2n) is 5.37. The molecule has 0 saturated heterocycles. The van der Waals surface area contributed by atoms with Gasteiger partial charge in [0.15, 0.2) is 0 Å². The molecule has 0 fully saturated rings. The maximum Gasteiger partial charge on any atom is 0.387 e. The normalized spacial score (nSPS) is 20.3. The number of allylic oxidation sites excluding steroid dienone is 1. The molecule has 1 aliphatic rings. The maximum atomic E-state index is 12.6. The predicted octanol–water partition coefficient (Wildman–Crippen LogP) is 4.83. The molecule has 1 aliphatic carbocycles. The Bertz CT molecular complexity index is 474. The summed E-state index contributed by atoms with van der Waals surface area (Å²) < 4.78 is 29.8. The first-order valence-electron chi connectivity index (χ1n) is 7.62. The van der Waals surface area contributed by atoms with Crippen molar-refractivity contribution in [1.29, 1.82) is 0 Å². The van der Waals surface area contributed by atoms with E-state index in [1.54, 1.807) is 12.1 Å². The molecule has 0 radical (unpaired) electrons. The van der Waals surface area contributed by atoms with E-state index < -0.39 is 6.61 Å². The van der Waals surface area contributed by atoms with Crippen LogP contribution in [0.2, 0.25) is 0 Å². The Morgan fingerprint density at radius 3 is 2.62 bits per heavy atom. The summed E-state index contributed by atoms with van der Waals surface area (Å²) in [4.78, 5) is 0. The smallest absolute Gasteiger partial charge is 0.387 e. The highest BCUT2D eigenvalue weighted by Gasteiger charge is 2.20.